The first kappa shape index (κ1) is 11.4. The van der Waals surface area contributed by atoms with Gasteiger partial charge < -0.3 is 20.1 Å². The van der Waals surface area contributed by atoms with Gasteiger partial charge in [-0.3, -0.25) is 4.79 Å². The maximum atomic E-state index is 10.0. The smallest absolute Gasteiger partial charge is 0.303 e. The van der Waals surface area contributed by atoms with Crippen molar-refractivity contribution in [3.63, 3.8) is 0 Å². The molecular formula is C7H14O5. The second kappa shape index (κ2) is 7.02. The number of hydrogen-bond donors (Lipinski definition) is 3. The normalized spacial score (nSPS) is 12.8. The SMILES string of the molecule is O=C(O)CCCC(O)OCCO. The molecule has 0 rings (SSSR count). The van der Waals surface area contributed by atoms with E-state index in [4.69, 9.17) is 15.3 Å². The second-order valence-electron chi connectivity index (χ2n) is 2.34. The predicted molar refractivity (Wildman–Crippen MR) is 40.5 cm³/mol. The number of aliphatic hydroxyl groups excluding tert-OH is 2. The number of aliphatic carboxylic acids is 1. The lowest BCUT2D eigenvalue weighted by Gasteiger charge is -2.09. The van der Waals surface area contributed by atoms with Crippen LogP contribution in [0, 0.1) is 0 Å². The van der Waals surface area contributed by atoms with Crippen molar-refractivity contribution in [2.24, 2.45) is 0 Å². The molecule has 0 saturated heterocycles. The number of carbonyl (C=O) groups is 1. The van der Waals surface area contributed by atoms with Gasteiger partial charge in [0, 0.05) is 6.42 Å². The van der Waals surface area contributed by atoms with Crippen molar-refractivity contribution in [2.75, 3.05) is 13.2 Å². The van der Waals surface area contributed by atoms with Crippen molar-refractivity contribution in [1.29, 1.82) is 0 Å². The van der Waals surface area contributed by atoms with E-state index in [1.807, 2.05) is 0 Å². The van der Waals surface area contributed by atoms with Gasteiger partial charge in [-0.25, -0.2) is 0 Å². The van der Waals surface area contributed by atoms with Gasteiger partial charge in [-0.15, -0.1) is 0 Å². The van der Waals surface area contributed by atoms with E-state index in [2.05, 4.69) is 4.74 Å². The molecule has 1 atom stereocenters. The molecule has 0 spiro atoms. The summed E-state index contributed by atoms with van der Waals surface area (Å²) in [7, 11) is 0. The zero-order valence-electron chi connectivity index (χ0n) is 6.77. The minimum absolute atomic E-state index is 0.0273. The summed E-state index contributed by atoms with van der Waals surface area (Å²) in [4.78, 5) is 10.0. The standard InChI is InChI=1S/C7H14O5/c8-4-5-12-7(11)3-1-2-6(9)10/h7-8,11H,1-5H2,(H,9,10). The van der Waals surface area contributed by atoms with E-state index in [1.54, 1.807) is 0 Å². The van der Waals surface area contributed by atoms with Crippen LogP contribution >= 0.6 is 0 Å². The van der Waals surface area contributed by atoms with Gasteiger partial charge in [0.1, 0.15) is 0 Å². The highest BCUT2D eigenvalue weighted by molar-refractivity contribution is 5.66. The summed E-state index contributed by atoms with van der Waals surface area (Å²) >= 11 is 0. The van der Waals surface area contributed by atoms with Crippen LogP contribution < -0.4 is 0 Å². The number of carboxylic acids is 1. The Hall–Kier alpha value is -0.650. The zero-order valence-corrected chi connectivity index (χ0v) is 6.77. The lowest BCUT2D eigenvalue weighted by molar-refractivity contribution is -0.138. The summed E-state index contributed by atoms with van der Waals surface area (Å²) in [6, 6.07) is 0. The summed E-state index contributed by atoms with van der Waals surface area (Å²) in [6.45, 7) is -0.0652. The average Bonchev–Trinajstić information content (AvgIpc) is 2.00. The van der Waals surface area contributed by atoms with E-state index in [0.717, 1.165) is 0 Å². The molecule has 0 radical (unpaired) electrons. The second-order valence-corrected chi connectivity index (χ2v) is 2.34. The van der Waals surface area contributed by atoms with Gasteiger partial charge in [-0.1, -0.05) is 0 Å². The average molecular weight is 178 g/mol. The van der Waals surface area contributed by atoms with Crippen molar-refractivity contribution in [2.45, 2.75) is 25.6 Å². The van der Waals surface area contributed by atoms with Gasteiger partial charge in [0.05, 0.1) is 13.2 Å². The van der Waals surface area contributed by atoms with E-state index in [9.17, 15) is 4.79 Å². The fraction of sp³-hybridized carbons (Fsp3) is 0.857. The van der Waals surface area contributed by atoms with Gasteiger partial charge in [0.2, 0.25) is 0 Å². The highest BCUT2D eigenvalue weighted by atomic mass is 16.6. The molecule has 0 aliphatic rings. The van der Waals surface area contributed by atoms with E-state index >= 15 is 0 Å². The summed E-state index contributed by atoms with van der Waals surface area (Å²) in [5.74, 6) is -0.885. The zero-order chi connectivity index (χ0) is 9.40. The van der Waals surface area contributed by atoms with E-state index in [0.29, 0.717) is 6.42 Å². The number of carboxylic acid groups (broad SMARTS) is 1. The van der Waals surface area contributed by atoms with Crippen molar-refractivity contribution in [3.8, 4) is 0 Å². The molecule has 0 aliphatic carbocycles. The van der Waals surface area contributed by atoms with Crippen LogP contribution in [0.5, 0.6) is 0 Å². The van der Waals surface area contributed by atoms with Crippen LogP contribution in [0.25, 0.3) is 0 Å². The molecule has 0 fully saturated rings. The summed E-state index contributed by atoms with van der Waals surface area (Å²) in [6.07, 6.45) is -0.273. The number of hydrogen-bond acceptors (Lipinski definition) is 4. The van der Waals surface area contributed by atoms with E-state index in [1.165, 1.54) is 0 Å². The van der Waals surface area contributed by atoms with Gasteiger partial charge >= 0.3 is 5.97 Å². The number of aliphatic hydroxyl groups is 2. The molecule has 0 aromatic carbocycles. The van der Waals surface area contributed by atoms with Crippen LogP contribution in [0.2, 0.25) is 0 Å². The molecule has 5 nitrogen and oxygen atoms in total. The Morgan fingerprint density at radius 1 is 1.50 bits per heavy atom. The van der Waals surface area contributed by atoms with Crippen molar-refractivity contribution >= 4 is 5.97 Å². The Morgan fingerprint density at radius 3 is 2.67 bits per heavy atom. The quantitative estimate of drug-likeness (QED) is 0.460. The maximum absolute atomic E-state index is 10.0. The van der Waals surface area contributed by atoms with Crippen LogP contribution in [-0.2, 0) is 9.53 Å². The highest BCUT2D eigenvalue weighted by Gasteiger charge is 2.04. The Labute approximate surface area is 70.6 Å². The van der Waals surface area contributed by atoms with E-state index in [-0.39, 0.29) is 26.1 Å². The third kappa shape index (κ3) is 7.46. The third-order valence-corrected chi connectivity index (χ3v) is 1.24. The molecule has 72 valence electrons. The van der Waals surface area contributed by atoms with Crippen molar-refractivity contribution in [3.05, 3.63) is 0 Å². The predicted octanol–water partition coefficient (Wildman–Crippen LogP) is -0.431. The highest BCUT2D eigenvalue weighted by Crippen LogP contribution is 2.01. The van der Waals surface area contributed by atoms with Gasteiger partial charge in [0.15, 0.2) is 6.29 Å². The molecule has 5 heteroatoms. The molecule has 1 unspecified atom stereocenters. The van der Waals surface area contributed by atoms with Crippen molar-refractivity contribution in [1.82, 2.24) is 0 Å². The first-order chi connectivity index (χ1) is 5.66. The molecular weight excluding hydrogens is 164 g/mol. The van der Waals surface area contributed by atoms with Crippen LogP contribution in [0.3, 0.4) is 0 Å². The number of rotatable bonds is 7. The molecule has 0 bridgehead atoms. The maximum Gasteiger partial charge on any atom is 0.303 e. The number of ether oxygens (including phenoxy) is 1. The summed E-state index contributed by atoms with van der Waals surface area (Å²) in [5.41, 5.74) is 0. The summed E-state index contributed by atoms with van der Waals surface area (Å²) in [5, 5.41) is 25.5. The molecule has 0 aromatic rings. The molecule has 0 amide bonds. The molecule has 12 heavy (non-hydrogen) atoms. The minimum atomic E-state index is -0.962. The third-order valence-electron chi connectivity index (χ3n) is 1.24. The first-order valence-corrected chi connectivity index (χ1v) is 3.79. The topological polar surface area (TPSA) is 87.0 Å². The molecule has 0 aromatic heterocycles. The monoisotopic (exact) mass is 178 g/mol. The molecule has 0 heterocycles. The first-order valence-electron chi connectivity index (χ1n) is 3.79. The lowest BCUT2D eigenvalue weighted by Crippen LogP contribution is -2.14. The Balaban J connectivity index is 3.19. The van der Waals surface area contributed by atoms with Gasteiger partial charge in [-0.05, 0) is 12.8 Å². The van der Waals surface area contributed by atoms with Crippen LogP contribution in [0.15, 0.2) is 0 Å². The van der Waals surface area contributed by atoms with E-state index < -0.39 is 12.3 Å². The fourth-order valence-corrected chi connectivity index (χ4v) is 0.700. The van der Waals surface area contributed by atoms with Crippen LogP contribution in [0.1, 0.15) is 19.3 Å². The van der Waals surface area contributed by atoms with Crippen LogP contribution in [-0.4, -0.2) is 40.8 Å². The van der Waals surface area contributed by atoms with Crippen molar-refractivity contribution < 1.29 is 24.9 Å². The minimum Gasteiger partial charge on any atom is -0.481 e. The Bertz CT molecular complexity index is 125. The summed E-state index contributed by atoms with van der Waals surface area (Å²) < 4.78 is 4.69. The van der Waals surface area contributed by atoms with Gasteiger partial charge in [0.25, 0.3) is 0 Å². The lowest BCUT2D eigenvalue weighted by atomic mass is 10.2. The molecule has 0 aliphatic heterocycles. The Kier molecular flexibility index (Phi) is 6.64. The largest absolute Gasteiger partial charge is 0.481 e. The van der Waals surface area contributed by atoms with Gasteiger partial charge in [-0.2, -0.15) is 0 Å². The van der Waals surface area contributed by atoms with Crippen LogP contribution in [0.4, 0.5) is 0 Å². The molecule has 3 N–H and O–H groups in total. The fourth-order valence-electron chi connectivity index (χ4n) is 0.700. The Morgan fingerprint density at radius 2 is 2.17 bits per heavy atom. The molecule has 0 saturated carbocycles.